The van der Waals surface area contributed by atoms with Gasteiger partial charge in [0.05, 0.1) is 47.7 Å². The Hall–Kier alpha value is -12.0. The van der Waals surface area contributed by atoms with Crippen molar-refractivity contribution in [2.75, 3.05) is 19.8 Å². The van der Waals surface area contributed by atoms with Crippen molar-refractivity contribution in [1.82, 2.24) is 15.1 Å². The highest BCUT2D eigenvalue weighted by Crippen LogP contribution is 2.59. The molecule has 1 N–H and O–H groups in total. The second-order valence-electron chi connectivity index (χ2n) is 39.8. The van der Waals surface area contributed by atoms with Crippen molar-refractivity contribution in [2.24, 2.45) is 5.92 Å². The lowest BCUT2D eigenvalue weighted by Crippen LogP contribution is -2.53. The van der Waals surface area contributed by atoms with Crippen LogP contribution in [0.1, 0.15) is 222 Å². The molecular formula is C109H109N3O14. The predicted molar refractivity (Wildman–Crippen MR) is 493 cm³/mol. The molecule has 8 unspecified atom stereocenters. The summed E-state index contributed by atoms with van der Waals surface area (Å²) in [5.41, 5.74) is 4.47. The van der Waals surface area contributed by atoms with Gasteiger partial charge in [0.15, 0.2) is 0 Å². The van der Waals surface area contributed by atoms with E-state index in [4.69, 9.17) is 37.9 Å². The number of nitrogens with zero attached hydrogens (tertiary/aromatic N) is 2. The van der Waals surface area contributed by atoms with Crippen molar-refractivity contribution in [1.29, 1.82) is 0 Å². The highest BCUT2D eigenvalue weighted by Gasteiger charge is 2.49. The Bertz CT molecular complexity index is 5830. The Labute approximate surface area is 735 Å². The molecule has 0 spiro atoms. The summed E-state index contributed by atoms with van der Waals surface area (Å²) in [6.45, 7) is 27.7. The Kier molecular flexibility index (Phi) is 21.7. The summed E-state index contributed by atoms with van der Waals surface area (Å²) in [6, 6.07) is 62.2. The molecule has 4 fully saturated rings. The Balaban J connectivity index is 0.897. The summed E-state index contributed by atoms with van der Waals surface area (Å²) in [7, 11) is 0. The number of amides is 4. The Morgan fingerprint density at radius 1 is 0.381 bits per heavy atom. The van der Waals surface area contributed by atoms with E-state index < -0.39 is 59.9 Å². The lowest BCUT2D eigenvalue weighted by Gasteiger charge is -2.37. The molecule has 6 aliphatic rings. The van der Waals surface area contributed by atoms with Crippen molar-refractivity contribution in [3.63, 3.8) is 0 Å². The number of carbonyl (C=O) groups is 6. The molecular weight excluding hydrogens is 1580 g/mol. The fourth-order valence-electron chi connectivity index (χ4n) is 19.6. The number of ether oxygens (including phenoxy) is 8. The van der Waals surface area contributed by atoms with Crippen LogP contribution in [-0.4, -0.2) is 108 Å². The molecule has 2 aliphatic carbocycles. The molecule has 13 aromatic rings. The quantitative estimate of drug-likeness (QED) is 0.0197. The highest BCUT2D eigenvalue weighted by molar-refractivity contribution is 6.45. The van der Waals surface area contributed by atoms with E-state index in [1.165, 1.54) is 0 Å². The monoisotopic (exact) mass is 1680 g/mol. The minimum atomic E-state index is -1.53. The first-order valence-corrected chi connectivity index (χ1v) is 45.0. The Morgan fingerprint density at radius 3 is 1.06 bits per heavy atom. The number of nitrogens with one attached hydrogen (secondary N) is 1. The maximum absolute atomic E-state index is 17.3. The third-order valence-corrected chi connectivity index (χ3v) is 26.8. The summed E-state index contributed by atoms with van der Waals surface area (Å²) < 4.78 is 55.0. The molecule has 17 nitrogen and oxygen atoms in total. The summed E-state index contributed by atoms with van der Waals surface area (Å²) >= 11 is 0. The predicted octanol–water partition coefficient (Wildman–Crippen LogP) is 23.9. The summed E-state index contributed by atoms with van der Waals surface area (Å²) in [4.78, 5) is 104. The molecule has 0 aromatic heterocycles. The average molecular weight is 1690 g/mol. The third kappa shape index (κ3) is 16.4. The number of carbonyl (C=O) groups excluding carboxylic acids is 6. The molecule has 0 bridgehead atoms. The van der Waals surface area contributed by atoms with Gasteiger partial charge < -0.3 is 43.2 Å². The number of hydrogen-bond acceptors (Lipinski definition) is 15. The molecule has 644 valence electrons. The molecule has 2 saturated carbocycles. The van der Waals surface area contributed by atoms with E-state index in [2.05, 4.69) is 88.4 Å². The normalized spacial score (nSPS) is 19.6. The second-order valence-corrected chi connectivity index (χ2v) is 39.8. The van der Waals surface area contributed by atoms with Crippen molar-refractivity contribution in [3.05, 3.63) is 262 Å². The molecule has 17 heteroatoms. The smallest absolute Gasteiger partial charge is 0.330 e. The SMILES string of the molecule is CC(C)(C)c1ccc(Oc2cc3c4c(cc(Oc5ccc(C(C)(C)C)cc5)c5c6c(Oc7ccc(C(C)(C)C)cc7)cc7c8c(cc(Oc9ccc(C(C)(C)C)cc9)c(c2c45)c86)C(=O)N(C(Cc2cccc4ccccc24)C(=O)OC2CCCC(NCC4CO4)C2)C7=O)C(=O)N(C(Cc2cccc4ccccc24)C(=O)OC2CCCC(CCC4CO4)C2)C3=O)cc1. The standard InChI is InChI=1S/C109H109N3O14/c1-106(2,3)67-34-43-72(44-35-67)121-88-55-82-92-83(101(114)111(100(82)113)86(52-65-26-18-24-63-22-13-15-31-80(63)65)104(117)125-76-29-17-21-62(51-76)33-42-78-60-119-78)56-89(122-73-45-36-68(37-46-73)107(4,5)6)95-97-91(124-75-49-40-70(41-50-75)109(10,11)12)58-85-93-84(57-90(96(99(93)97)94(88)98(92)95)123-74-47-38-69(39-48-74)108(7,8)9)102(115)112(103(85)116)87(53-66-27-19-25-64-23-14-16-32-81(64)66)105(118)126-77-30-20-28-71(54-77)110-59-79-61-120-79/h13-16,18-19,22-27,31-32,34-41,43-50,55-58,62,71,76-79,86-87,110H,17,20-21,28-30,33,42,51-54,59-61H2,1-12H3. The molecule has 8 atom stereocenters. The van der Waals surface area contributed by atoms with Gasteiger partial charge in [-0.15, -0.1) is 0 Å². The van der Waals surface area contributed by atoms with Gasteiger partial charge in [-0.1, -0.05) is 223 Å². The van der Waals surface area contributed by atoms with Crippen LogP contribution in [-0.2, 0) is 63.0 Å². The lowest BCUT2D eigenvalue weighted by atomic mass is 9.80. The van der Waals surface area contributed by atoms with E-state index in [0.29, 0.717) is 99.7 Å². The second kappa shape index (κ2) is 32.8. The van der Waals surface area contributed by atoms with Crippen LogP contribution >= 0.6 is 0 Å². The first kappa shape index (κ1) is 83.5. The topological polar surface area (TPSA) is 201 Å². The van der Waals surface area contributed by atoms with E-state index in [-0.39, 0.29) is 115 Å². The number of benzene rings is 13. The number of fused-ring (bicyclic) bond motifs is 4. The number of epoxide rings is 2. The molecule has 126 heavy (non-hydrogen) atoms. The third-order valence-electron chi connectivity index (χ3n) is 26.8. The van der Waals surface area contributed by atoms with Gasteiger partial charge in [-0.2, -0.15) is 0 Å². The van der Waals surface area contributed by atoms with Crippen LogP contribution in [0.15, 0.2) is 206 Å². The molecule has 0 radical (unpaired) electrons. The molecule has 4 heterocycles. The highest BCUT2D eigenvalue weighted by atomic mass is 16.6. The largest absolute Gasteiger partial charge is 0.461 e. The molecule has 4 aliphatic heterocycles. The summed E-state index contributed by atoms with van der Waals surface area (Å²) in [5.74, 6) is -2.41. The van der Waals surface area contributed by atoms with Gasteiger partial charge in [0.25, 0.3) is 23.6 Å². The van der Waals surface area contributed by atoms with Crippen LogP contribution in [0.5, 0.6) is 46.0 Å². The van der Waals surface area contributed by atoms with Gasteiger partial charge in [0.1, 0.15) is 70.3 Å². The van der Waals surface area contributed by atoms with Crippen LogP contribution < -0.4 is 24.3 Å². The van der Waals surface area contributed by atoms with E-state index in [1.807, 2.05) is 182 Å². The van der Waals surface area contributed by atoms with Crippen LogP contribution in [0.3, 0.4) is 0 Å². The summed E-state index contributed by atoms with van der Waals surface area (Å²) in [6.07, 6.45) is 6.79. The van der Waals surface area contributed by atoms with Gasteiger partial charge in [0, 0.05) is 68.5 Å². The van der Waals surface area contributed by atoms with E-state index >= 15 is 28.8 Å². The minimum absolute atomic E-state index is 0.0168. The maximum Gasteiger partial charge on any atom is 0.330 e. The van der Waals surface area contributed by atoms with Gasteiger partial charge in [-0.25, -0.2) is 9.59 Å². The van der Waals surface area contributed by atoms with Crippen molar-refractivity contribution in [2.45, 2.75) is 224 Å². The number of hydrogen-bond donors (Lipinski definition) is 1. The number of rotatable bonds is 24. The van der Waals surface area contributed by atoms with Gasteiger partial charge in [0.2, 0.25) is 0 Å². The first-order chi connectivity index (χ1) is 60.4. The van der Waals surface area contributed by atoms with E-state index in [0.717, 1.165) is 104 Å². The molecule has 13 aromatic carbocycles. The zero-order valence-corrected chi connectivity index (χ0v) is 74.0. The number of imide groups is 2. The molecule has 4 amide bonds. The molecule has 19 rings (SSSR count). The lowest BCUT2D eigenvalue weighted by molar-refractivity contribution is -0.156. The van der Waals surface area contributed by atoms with Crippen molar-refractivity contribution in [3.8, 4) is 46.0 Å². The first-order valence-electron chi connectivity index (χ1n) is 45.0. The Morgan fingerprint density at radius 2 is 0.714 bits per heavy atom. The van der Waals surface area contributed by atoms with Gasteiger partial charge >= 0.3 is 11.9 Å². The van der Waals surface area contributed by atoms with Gasteiger partial charge in [-0.3, -0.25) is 29.0 Å². The zero-order valence-electron chi connectivity index (χ0n) is 74.0. The van der Waals surface area contributed by atoms with E-state index in [9.17, 15) is 0 Å². The summed E-state index contributed by atoms with van der Waals surface area (Å²) in [5, 5.41) is 9.37. The van der Waals surface area contributed by atoms with Gasteiger partial charge in [-0.05, 0) is 213 Å². The van der Waals surface area contributed by atoms with Crippen LogP contribution in [0.25, 0.3) is 64.6 Å². The zero-order chi connectivity index (χ0) is 87.6. The van der Waals surface area contributed by atoms with Crippen molar-refractivity contribution >= 4 is 100 Å². The minimum Gasteiger partial charge on any atom is -0.461 e. The van der Waals surface area contributed by atoms with E-state index in [1.54, 1.807) is 24.3 Å². The molecule has 2 saturated heterocycles. The fourth-order valence-corrected chi connectivity index (χ4v) is 19.6. The van der Waals surface area contributed by atoms with Crippen LogP contribution in [0.2, 0.25) is 0 Å². The van der Waals surface area contributed by atoms with Crippen LogP contribution in [0, 0.1) is 5.92 Å². The average Bonchev–Trinajstić information content (AvgIpc) is 0.732. The maximum atomic E-state index is 17.3. The van der Waals surface area contributed by atoms with Crippen molar-refractivity contribution < 1.29 is 66.7 Å². The van der Waals surface area contributed by atoms with Crippen LogP contribution in [0.4, 0.5) is 0 Å². The number of esters is 2. The fraction of sp³-hybridized carbons (Fsp3) is 0.358.